The van der Waals surface area contributed by atoms with Crippen LogP contribution in [0.3, 0.4) is 0 Å². The molecule has 0 aliphatic heterocycles. The van der Waals surface area contributed by atoms with Crippen molar-refractivity contribution in [1.82, 2.24) is 0 Å². The monoisotopic (exact) mass is 288 g/mol. The largest absolute Gasteiger partial charge is 0.353 e. The third-order valence-electron chi connectivity index (χ3n) is 2.38. The fourth-order valence-electron chi connectivity index (χ4n) is 1.54. The van der Waals surface area contributed by atoms with Crippen LogP contribution in [0.4, 0.5) is 0 Å². The van der Waals surface area contributed by atoms with E-state index in [9.17, 15) is 0 Å². The lowest BCUT2D eigenvalue weighted by Gasteiger charge is -2.16. The Hall–Kier alpha value is -0.220. The van der Waals surface area contributed by atoms with Crippen LogP contribution in [0.2, 0.25) is 5.02 Å². The lowest BCUT2D eigenvalue weighted by atomic mass is 10.2. The van der Waals surface area contributed by atoms with Crippen LogP contribution < -0.4 is 0 Å². The van der Waals surface area contributed by atoms with E-state index >= 15 is 0 Å². The van der Waals surface area contributed by atoms with Gasteiger partial charge in [0.25, 0.3) is 0 Å². The number of halogens is 1. The highest BCUT2D eigenvalue weighted by Crippen LogP contribution is 2.17. The van der Waals surface area contributed by atoms with Gasteiger partial charge in [0.15, 0.2) is 6.29 Å². The van der Waals surface area contributed by atoms with E-state index in [1.807, 2.05) is 37.7 Å². The predicted molar refractivity (Wildman–Crippen MR) is 79.3 cm³/mol. The van der Waals surface area contributed by atoms with E-state index in [1.165, 1.54) is 5.56 Å². The Morgan fingerprint density at radius 3 is 2.28 bits per heavy atom. The Balaban J connectivity index is 2.18. The second kappa shape index (κ2) is 9.68. The maximum absolute atomic E-state index is 5.84. The van der Waals surface area contributed by atoms with Gasteiger partial charge in [0.1, 0.15) is 0 Å². The van der Waals surface area contributed by atoms with Crippen LogP contribution in [0, 0.1) is 0 Å². The Kier molecular flexibility index (Phi) is 8.51. The highest BCUT2D eigenvalue weighted by molar-refractivity contribution is 7.98. The summed E-state index contributed by atoms with van der Waals surface area (Å²) in [5, 5.41) is 0.788. The molecule has 1 aromatic rings. The summed E-state index contributed by atoms with van der Waals surface area (Å²) in [6.45, 7) is 5.39. The molecule has 0 unspecified atom stereocenters. The average molecular weight is 289 g/mol. The fourth-order valence-corrected chi connectivity index (χ4v) is 2.59. The third kappa shape index (κ3) is 6.64. The molecular formula is C14H21ClO2S. The van der Waals surface area contributed by atoms with Crippen molar-refractivity contribution in [2.75, 3.05) is 19.0 Å². The van der Waals surface area contributed by atoms with E-state index in [0.717, 1.165) is 22.9 Å². The van der Waals surface area contributed by atoms with Crippen molar-refractivity contribution in [3.8, 4) is 0 Å². The molecule has 0 heterocycles. The zero-order chi connectivity index (χ0) is 13.2. The number of ether oxygens (including phenoxy) is 2. The van der Waals surface area contributed by atoms with E-state index in [1.54, 1.807) is 0 Å². The molecular weight excluding hydrogens is 268 g/mol. The zero-order valence-corrected chi connectivity index (χ0v) is 12.6. The van der Waals surface area contributed by atoms with Gasteiger partial charge in [-0.3, -0.25) is 0 Å². The maximum Gasteiger partial charge on any atom is 0.158 e. The Morgan fingerprint density at radius 2 is 1.72 bits per heavy atom. The molecule has 0 radical (unpaired) electrons. The van der Waals surface area contributed by atoms with Crippen molar-refractivity contribution in [2.24, 2.45) is 0 Å². The second-order valence-corrected chi connectivity index (χ2v) is 5.35. The lowest BCUT2D eigenvalue weighted by Crippen LogP contribution is -2.18. The summed E-state index contributed by atoms with van der Waals surface area (Å²) in [5.41, 5.74) is 1.30. The molecule has 102 valence electrons. The topological polar surface area (TPSA) is 18.5 Å². The van der Waals surface area contributed by atoms with Crippen LogP contribution >= 0.6 is 23.4 Å². The Labute approximate surface area is 119 Å². The van der Waals surface area contributed by atoms with Crippen LogP contribution in [0.15, 0.2) is 24.3 Å². The van der Waals surface area contributed by atoms with Gasteiger partial charge in [-0.15, -0.1) is 0 Å². The Bertz CT molecular complexity index is 310. The molecule has 0 aromatic heterocycles. The van der Waals surface area contributed by atoms with Crippen LogP contribution in [-0.2, 0) is 15.2 Å². The fraction of sp³-hybridized carbons (Fsp3) is 0.571. The third-order valence-corrected chi connectivity index (χ3v) is 3.70. The standard InChI is InChI=1S/C14H21ClO2S/c1-3-16-14(17-4-2)9-10-18-11-12-5-7-13(15)8-6-12/h5-8,14H,3-4,9-11H2,1-2H3. The van der Waals surface area contributed by atoms with Gasteiger partial charge in [-0.2, -0.15) is 11.8 Å². The number of benzene rings is 1. The summed E-state index contributed by atoms with van der Waals surface area (Å²) in [4.78, 5) is 0. The predicted octanol–water partition coefficient (Wildman–Crippen LogP) is 4.36. The van der Waals surface area contributed by atoms with E-state index in [0.29, 0.717) is 13.2 Å². The number of hydrogen-bond donors (Lipinski definition) is 0. The summed E-state index contributed by atoms with van der Waals surface area (Å²) in [7, 11) is 0. The average Bonchev–Trinajstić information content (AvgIpc) is 2.37. The molecule has 18 heavy (non-hydrogen) atoms. The minimum atomic E-state index is -0.0577. The first kappa shape index (κ1) is 15.8. The quantitative estimate of drug-likeness (QED) is 0.497. The van der Waals surface area contributed by atoms with E-state index in [2.05, 4.69) is 12.1 Å². The number of thioether (sulfide) groups is 1. The molecule has 0 saturated heterocycles. The highest BCUT2D eigenvalue weighted by Gasteiger charge is 2.07. The maximum atomic E-state index is 5.84. The van der Waals surface area contributed by atoms with Gasteiger partial charge in [0, 0.05) is 30.4 Å². The second-order valence-electron chi connectivity index (χ2n) is 3.81. The normalized spacial score (nSPS) is 11.1. The van der Waals surface area contributed by atoms with Gasteiger partial charge >= 0.3 is 0 Å². The molecule has 0 saturated carbocycles. The summed E-state index contributed by atoms with van der Waals surface area (Å²) in [6.07, 6.45) is 0.873. The molecule has 4 heteroatoms. The summed E-state index contributed by atoms with van der Waals surface area (Å²) in [5.74, 6) is 2.04. The minimum absolute atomic E-state index is 0.0577. The van der Waals surface area contributed by atoms with Crippen LogP contribution in [0.1, 0.15) is 25.8 Å². The van der Waals surface area contributed by atoms with Crippen LogP contribution in [0.5, 0.6) is 0 Å². The van der Waals surface area contributed by atoms with Gasteiger partial charge < -0.3 is 9.47 Å². The van der Waals surface area contributed by atoms with Crippen molar-refractivity contribution in [2.45, 2.75) is 32.3 Å². The SMILES string of the molecule is CCOC(CCSCc1ccc(Cl)cc1)OCC. The van der Waals surface area contributed by atoms with Crippen molar-refractivity contribution < 1.29 is 9.47 Å². The van der Waals surface area contributed by atoms with Gasteiger partial charge in [-0.05, 0) is 37.3 Å². The van der Waals surface area contributed by atoms with E-state index in [-0.39, 0.29) is 6.29 Å². The van der Waals surface area contributed by atoms with Gasteiger partial charge in [0.05, 0.1) is 0 Å². The Morgan fingerprint density at radius 1 is 1.11 bits per heavy atom. The van der Waals surface area contributed by atoms with Gasteiger partial charge in [0.2, 0.25) is 0 Å². The van der Waals surface area contributed by atoms with E-state index in [4.69, 9.17) is 21.1 Å². The lowest BCUT2D eigenvalue weighted by molar-refractivity contribution is -0.136. The van der Waals surface area contributed by atoms with Crippen LogP contribution in [-0.4, -0.2) is 25.3 Å². The number of rotatable bonds is 9. The van der Waals surface area contributed by atoms with Gasteiger partial charge in [-0.25, -0.2) is 0 Å². The highest BCUT2D eigenvalue weighted by atomic mass is 35.5. The molecule has 0 aliphatic carbocycles. The minimum Gasteiger partial charge on any atom is -0.353 e. The van der Waals surface area contributed by atoms with Crippen molar-refractivity contribution in [3.05, 3.63) is 34.9 Å². The first-order valence-electron chi connectivity index (χ1n) is 6.31. The van der Waals surface area contributed by atoms with Gasteiger partial charge in [-0.1, -0.05) is 23.7 Å². The molecule has 0 N–H and O–H groups in total. The molecule has 0 atom stereocenters. The zero-order valence-electron chi connectivity index (χ0n) is 11.0. The summed E-state index contributed by atoms with van der Waals surface area (Å²) < 4.78 is 11.0. The molecule has 1 aromatic carbocycles. The number of hydrogen-bond acceptors (Lipinski definition) is 3. The van der Waals surface area contributed by atoms with Crippen molar-refractivity contribution in [1.29, 1.82) is 0 Å². The molecule has 0 aliphatic rings. The summed E-state index contributed by atoms with van der Waals surface area (Å²) >= 11 is 7.73. The molecule has 0 amide bonds. The molecule has 0 spiro atoms. The first-order chi connectivity index (χ1) is 8.76. The van der Waals surface area contributed by atoms with Crippen molar-refractivity contribution in [3.63, 3.8) is 0 Å². The smallest absolute Gasteiger partial charge is 0.158 e. The van der Waals surface area contributed by atoms with Crippen molar-refractivity contribution >= 4 is 23.4 Å². The van der Waals surface area contributed by atoms with Crippen LogP contribution in [0.25, 0.3) is 0 Å². The summed E-state index contributed by atoms with van der Waals surface area (Å²) in [6, 6.07) is 8.00. The first-order valence-corrected chi connectivity index (χ1v) is 7.85. The molecule has 2 nitrogen and oxygen atoms in total. The van der Waals surface area contributed by atoms with E-state index < -0.39 is 0 Å². The molecule has 0 fully saturated rings. The molecule has 0 bridgehead atoms. The molecule has 1 rings (SSSR count).